The normalized spacial score (nSPS) is 17.3. The van der Waals surface area contributed by atoms with Gasteiger partial charge in [0.05, 0.1) is 25.5 Å². The average Bonchev–Trinajstić information content (AvgIpc) is 3.17. The van der Waals surface area contributed by atoms with Gasteiger partial charge in [0.25, 0.3) is 0 Å². The van der Waals surface area contributed by atoms with Gasteiger partial charge in [-0.25, -0.2) is 0 Å². The van der Waals surface area contributed by atoms with Crippen LogP contribution in [-0.2, 0) is 11.3 Å². The molecule has 160 valence electrons. The third-order valence-corrected chi connectivity index (χ3v) is 5.45. The van der Waals surface area contributed by atoms with Crippen LogP contribution in [0.4, 0.5) is 0 Å². The predicted octanol–water partition coefficient (Wildman–Crippen LogP) is 2.99. The van der Waals surface area contributed by atoms with E-state index in [-0.39, 0.29) is 0 Å². The molecule has 1 unspecified atom stereocenters. The average molecular weight is 394 g/mol. The largest absolute Gasteiger partial charge is 0.379 e. The maximum atomic E-state index is 5.51. The van der Waals surface area contributed by atoms with Gasteiger partial charge in [-0.2, -0.15) is 0 Å². The Balaban J connectivity index is 1.85. The molecule has 0 aromatic carbocycles. The summed E-state index contributed by atoms with van der Waals surface area (Å²) in [6, 6.07) is 2.54. The van der Waals surface area contributed by atoms with Crippen molar-refractivity contribution in [1.29, 1.82) is 0 Å². The highest BCUT2D eigenvalue weighted by Gasteiger charge is 2.22. The van der Waals surface area contributed by atoms with Crippen molar-refractivity contribution in [3.05, 3.63) is 17.5 Å². The molecule has 0 bridgehead atoms. The number of aromatic nitrogens is 1. The Morgan fingerprint density at radius 3 is 2.54 bits per heavy atom. The van der Waals surface area contributed by atoms with Crippen molar-refractivity contribution in [2.45, 2.75) is 65.5 Å². The van der Waals surface area contributed by atoms with Crippen LogP contribution in [0.25, 0.3) is 0 Å². The summed E-state index contributed by atoms with van der Waals surface area (Å²) in [6.45, 7) is 14.0. The zero-order chi connectivity index (χ0) is 20.4. The summed E-state index contributed by atoms with van der Waals surface area (Å²) in [6.07, 6.45) is 3.32. The van der Waals surface area contributed by atoms with Crippen molar-refractivity contribution >= 4 is 5.96 Å². The third kappa shape index (κ3) is 7.09. The van der Waals surface area contributed by atoms with Gasteiger partial charge < -0.3 is 19.9 Å². The fraction of sp³-hybridized carbons (Fsp3) is 0.810. The lowest BCUT2D eigenvalue weighted by atomic mass is 9.99. The fourth-order valence-corrected chi connectivity index (χ4v) is 3.77. The minimum atomic E-state index is 0.472. The molecule has 1 aromatic rings. The Kier molecular flexibility index (Phi) is 9.78. The molecule has 0 aliphatic carbocycles. The van der Waals surface area contributed by atoms with E-state index >= 15 is 0 Å². The number of hydrogen-bond acceptors (Lipinski definition) is 5. The molecular weight excluding hydrogens is 354 g/mol. The molecule has 7 nitrogen and oxygen atoms in total. The zero-order valence-electron chi connectivity index (χ0n) is 18.3. The topological polar surface area (TPSA) is 74.9 Å². The number of nitrogens with zero attached hydrogens (tertiary/aromatic N) is 3. The Morgan fingerprint density at radius 2 is 1.93 bits per heavy atom. The second kappa shape index (κ2) is 12.1. The van der Waals surface area contributed by atoms with Crippen LogP contribution in [0.1, 0.15) is 64.3 Å². The van der Waals surface area contributed by atoms with Crippen LogP contribution in [0.3, 0.4) is 0 Å². The van der Waals surface area contributed by atoms with Crippen LogP contribution in [0.5, 0.6) is 0 Å². The smallest absolute Gasteiger partial charge is 0.191 e. The Morgan fingerprint density at radius 1 is 1.21 bits per heavy atom. The molecule has 1 aliphatic rings. The highest BCUT2D eigenvalue weighted by atomic mass is 16.5. The SMILES string of the molecule is CCC(CC)c1cc(CNC(=NC)NCC(CC(C)C)N2CCOCC2)on1. The molecule has 1 fully saturated rings. The monoisotopic (exact) mass is 393 g/mol. The lowest BCUT2D eigenvalue weighted by molar-refractivity contribution is 0.0132. The lowest BCUT2D eigenvalue weighted by Crippen LogP contribution is -2.50. The van der Waals surface area contributed by atoms with Gasteiger partial charge in [0.1, 0.15) is 0 Å². The lowest BCUT2D eigenvalue weighted by Gasteiger charge is -2.35. The van der Waals surface area contributed by atoms with Gasteiger partial charge in [0.2, 0.25) is 0 Å². The van der Waals surface area contributed by atoms with Crippen molar-refractivity contribution < 1.29 is 9.26 Å². The Hall–Kier alpha value is -1.60. The van der Waals surface area contributed by atoms with E-state index in [1.165, 1.54) is 0 Å². The maximum Gasteiger partial charge on any atom is 0.191 e. The van der Waals surface area contributed by atoms with Crippen LogP contribution in [-0.4, -0.2) is 62.0 Å². The summed E-state index contributed by atoms with van der Waals surface area (Å²) in [5.41, 5.74) is 1.05. The Labute approximate surface area is 170 Å². The molecule has 0 amide bonds. The van der Waals surface area contributed by atoms with Crippen LogP contribution in [0.2, 0.25) is 0 Å². The fourth-order valence-electron chi connectivity index (χ4n) is 3.77. The van der Waals surface area contributed by atoms with Gasteiger partial charge in [-0.3, -0.25) is 9.89 Å². The molecule has 28 heavy (non-hydrogen) atoms. The van der Waals surface area contributed by atoms with E-state index in [0.717, 1.165) is 69.5 Å². The van der Waals surface area contributed by atoms with E-state index in [1.807, 2.05) is 0 Å². The van der Waals surface area contributed by atoms with E-state index in [1.54, 1.807) is 7.05 Å². The molecule has 1 aromatic heterocycles. The van der Waals surface area contributed by atoms with E-state index in [0.29, 0.717) is 24.4 Å². The number of morpholine rings is 1. The minimum absolute atomic E-state index is 0.472. The van der Waals surface area contributed by atoms with Gasteiger partial charge in [-0.1, -0.05) is 32.9 Å². The zero-order valence-corrected chi connectivity index (χ0v) is 18.3. The van der Waals surface area contributed by atoms with Gasteiger partial charge in [-0.05, 0) is 25.2 Å². The van der Waals surface area contributed by atoms with Gasteiger partial charge in [0, 0.05) is 44.7 Å². The molecule has 1 saturated heterocycles. The molecule has 1 aliphatic heterocycles. The summed E-state index contributed by atoms with van der Waals surface area (Å²) in [4.78, 5) is 6.89. The highest BCUT2D eigenvalue weighted by molar-refractivity contribution is 5.79. The van der Waals surface area contributed by atoms with Crippen LogP contribution >= 0.6 is 0 Å². The second-order valence-electron chi connectivity index (χ2n) is 7.97. The minimum Gasteiger partial charge on any atom is -0.379 e. The molecule has 0 spiro atoms. The summed E-state index contributed by atoms with van der Waals surface area (Å²) in [7, 11) is 1.80. The third-order valence-electron chi connectivity index (χ3n) is 5.45. The van der Waals surface area contributed by atoms with Crippen molar-refractivity contribution in [3.63, 3.8) is 0 Å². The number of aliphatic imine (C=N–C) groups is 1. The van der Waals surface area contributed by atoms with Crippen molar-refractivity contribution in [2.75, 3.05) is 39.9 Å². The van der Waals surface area contributed by atoms with Crippen LogP contribution in [0.15, 0.2) is 15.6 Å². The van der Waals surface area contributed by atoms with Crippen molar-refractivity contribution in [1.82, 2.24) is 20.7 Å². The molecule has 2 N–H and O–H groups in total. The molecule has 0 saturated carbocycles. The van der Waals surface area contributed by atoms with Crippen molar-refractivity contribution in [3.8, 4) is 0 Å². The summed E-state index contributed by atoms with van der Waals surface area (Å²) in [5.74, 6) is 2.77. The van der Waals surface area contributed by atoms with Gasteiger partial charge >= 0.3 is 0 Å². The van der Waals surface area contributed by atoms with E-state index < -0.39 is 0 Å². The second-order valence-corrected chi connectivity index (χ2v) is 7.97. The van der Waals surface area contributed by atoms with E-state index in [9.17, 15) is 0 Å². The van der Waals surface area contributed by atoms with Crippen LogP contribution < -0.4 is 10.6 Å². The first-order valence-electron chi connectivity index (χ1n) is 10.8. The quantitative estimate of drug-likeness (QED) is 0.470. The number of nitrogens with one attached hydrogen (secondary N) is 2. The predicted molar refractivity (Wildman–Crippen MR) is 114 cm³/mol. The summed E-state index contributed by atoms with van der Waals surface area (Å²) in [5, 5.41) is 11.1. The molecular formula is C21H39N5O2. The molecule has 2 rings (SSSR count). The first kappa shape index (κ1) is 22.7. The number of guanidine groups is 1. The summed E-state index contributed by atoms with van der Waals surface area (Å²) >= 11 is 0. The first-order chi connectivity index (χ1) is 13.6. The Bertz CT molecular complexity index is 577. The standard InChI is InChI=1S/C21H39N5O2/c1-6-17(7-2)20-13-19(28-25-20)15-24-21(22-5)23-14-18(12-16(3)4)26-8-10-27-11-9-26/h13,16-18H,6-12,14-15H2,1-5H3,(H2,22,23,24). The molecule has 0 radical (unpaired) electrons. The first-order valence-corrected chi connectivity index (χ1v) is 10.8. The molecule has 1 atom stereocenters. The number of ether oxygens (including phenoxy) is 1. The number of hydrogen-bond donors (Lipinski definition) is 2. The van der Waals surface area contributed by atoms with Crippen LogP contribution in [0, 0.1) is 5.92 Å². The van der Waals surface area contributed by atoms with Gasteiger partial charge in [-0.15, -0.1) is 0 Å². The van der Waals surface area contributed by atoms with E-state index in [2.05, 4.69) is 59.4 Å². The molecule has 2 heterocycles. The van der Waals surface area contributed by atoms with Crippen molar-refractivity contribution in [2.24, 2.45) is 10.9 Å². The highest BCUT2D eigenvalue weighted by Crippen LogP contribution is 2.22. The van der Waals surface area contributed by atoms with Gasteiger partial charge in [0.15, 0.2) is 11.7 Å². The molecule has 7 heteroatoms. The summed E-state index contributed by atoms with van der Waals surface area (Å²) < 4.78 is 11.0. The van der Waals surface area contributed by atoms with E-state index in [4.69, 9.17) is 9.26 Å². The maximum absolute atomic E-state index is 5.51. The number of rotatable bonds is 10.